The van der Waals surface area contributed by atoms with E-state index in [2.05, 4.69) is 83.8 Å². The van der Waals surface area contributed by atoms with E-state index in [4.69, 9.17) is 4.74 Å². The molecule has 4 rings (SSSR count). The van der Waals surface area contributed by atoms with Crippen LogP contribution in [0.3, 0.4) is 0 Å². The molecule has 0 unspecified atom stereocenters. The summed E-state index contributed by atoms with van der Waals surface area (Å²) < 4.78 is 5.07. The van der Waals surface area contributed by atoms with Crippen molar-refractivity contribution in [1.82, 2.24) is 0 Å². The number of rotatable bonds is 6. The molecule has 0 aliphatic rings. The summed E-state index contributed by atoms with van der Waals surface area (Å²) in [7, 11) is 0. The van der Waals surface area contributed by atoms with Gasteiger partial charge in [-0.3, -0.25) is 4.79 Å². The van der Waals surface area contributed by atoms with E-state index in [-0.39, 0.29) is 5.97 Å². The third-order valence-corrected chi connectivity index (χ3v) is 4.79. The molecular weight excluding hydrogens is 382 g/mol. The van der Waals surface area contributed by atoms with Gasteiger partial charge in [0.2, 0.25) is 0 Å². The highest BCUT2D eigenvalue weighted by Gasteiger charge is 2.11. The molecule has 3 heteroatoms. The van der Waals surface area contributed by atoms with Crippen LogP contribution in [0.15, 0.2) is 109 Å². The molecule has 0 spiro atoms. The fourth-order valence-corrected chi connectivity index (χ4v) is 3.34. The van der Waals surface area contributed by atoms with Gasteiger partial charge in [0.05, 0.1) is 0 Å². The number of hydrogen-bond donors (Lipinski definition) is 0. The molecule has 0 heterocycles. The molecule has 0 amide bonds. The van der Waals surface area contributed by atoms with Crippen molar-refractivity contribution in [3.05, 3.63) is 120 Å². The number of carbonyl (C=O) groups is 1. The van der Waals surface area contributed by atoms with Gasteiger partial charge in [-0.1, -0.05) is 72.8 Å². The summed E-state index contributed by atoms with van der Waals surface area (Å²) >= 11 is 0. The van der Waals surface area contributed by atoms with E-state index in [0.717, 1.165) is 28.2 Å². The summed E-state index contributed by atoms with van der Waals surface area (Å²) in [5, 5.41) is 0. The van der Waals surface area contributed by atoms with Gasteiger partial charge in [-0.05, 0) is 59.7 Å². The first-order valence-corrected chi connectivity index (χ1v) is 10.2. The Labute approximate surface area is 182 Å². The van der Waals surface area contributed by atoms with Crippen LogP contribution >= 0.6 is 0 Å². The summed E-state index contributed by atoms with van der Waals surface area (Å²) in [6.07, 6.45) is 4.11. The predicted octanol–water partition coefficient (Wildman–Crippen LogP) is 7.25. The molecule has 0 aromatic heterocycles. The molecule has 0 aliphatic carbocycles. The van der Waals surface area contributed by atoms with Crippen molar-refractivity contribution < 1.29 is 9.53 Å². The molecule has 0 saturated carbocycles. The van der Waals surface area contributed by atoms with Crippen LogP contribution in [0, 0.1) is 0 Å². The number of nitrogens with zero attached hydrogens (tertiary/aromatic N) is 1. The Balaban J connectivity index is 1.55. The van der Waals surface area contributed by atoms with Gasteiger partial charge < -0.3 is 9.64 Å². The third kappa shape index (κ3) is 5.28. The molecule has 31 heavy (non-hydrogen) atoms. The van der Waals surface area contributed by atoms with E-state index in [0.29, 0.717) is 5.75 Å². The molecule has 4 aromatic rings. The molecule has 3 nitrogen and oxygen atoms in total. The van der Waals surface area contributed by atoms with E-state index in [1.54, 1.807) is 12.1 Å². The fraction of sp³-hybridized carbons (Fsp3) is 0.0357. The first-order chi connectivity index (χ1) is 15.2. The second kappa shape index (κ2) is 9.59. The molecule has 0 fully saturated rings. The highest BCUT2D eigenvalue weighted by Crippen LogP contribution is 2.34. The van der Waals surface area contributed by atoms with Crippen LogP contribution in [0.5, 0.6) is 5.75 Å². The normalized spacial score (nSPS) is 10.7. The molecule has 4 aromatic carbocycles. The minimum atomic E-state index is -0.316. The molecule has 152 valence electrons. The smallest absolute Gasteiger partial charge is 0.308 e. The van der Waals surface area contributed by atoms with E-state index in [1.807, 2.05) is 30.3 Å². The van der Waals surface area contributed by atoms with Gasteiger partial charge >= 0.3 is 5.97 Å². The molecule has 0 bridgehead atoms. The first-order valence-electron chi connectivity index (χ1n) is 10.2. The maximum atomic E-state index is 11.0. The van der Waals surface area contributed by atoms with Crippen molar-refractivity contribution in [2.45, 2.75) is 6.92 Å². The van der Waals surface area contributed by atoms with Gasteiger partial charge in [-0.25, -0.2) is 0 Å². The summed E-state index contributed by atoms with van der Waals surface area (Å²) in [5.41, 5.74) is 5.47. The lowest BCUT2D eigenvalue weighted by Gasteiger charge is -2.25. The minimum Gasteiger partial charge on any atom is -0.427 e. The molecule has 0 N–H and O–H groups in total. The Morgan fingerprint density at radius 3 is 1.48 bits per heavy atom. The predicted molar refractivity (Wildman–Crippen MR) is 128 cm³/mol. The monoisotopic (exact) mass is 405 g/mol. The minimum absolute atomic E-state index is 0.316. The van der Waals surface area contributed by atoms with Crippen LogP contribution in [-0.4, -0.2) is 5.97 Å². The average molecular weight is 405 g/mol. The van der Waals surface area contributed by atoms with Gasteiger partial charge in [0, 0.05) is 24.0 Å². The van der Waals surface area contributed by atoms with Crippen LogP contribution in [0.4, 0.5) is 17.1 Å². The van der Waals surface area contributed by atoms with E-state index < -0.39 is 0 Å². The van der Waals surface area contributed by atoms with Crippen molar-refractivity contribution in [1.29, 1.82) is 0 Å². The number of anilines is 3. The second-order valence-corrected chi connectivity index (χ2v) is 7.09. The molecule has 0 atom stereocenters. The number of hydrogen-bond acceptors (Lipinski definition) is 3. The van der Waals surface area contributed by atoms with Crippen LogP contribution in [0.2, 0.25) is 0 Å². The number of para-hydroxylation sites is 2. The summed E-state index contributed by atoms with van der Waals surface area (Å²) in [4.78, 5) is 13.3. The van der Waals surface area contributed by atoms with Gasteiger partial charge in [0.25, 0.3) is 0 Å². The lowest BCUT2D eigenvalue weighted by Crippen LogP contribution is -2.09. The van der Waals surface area contributed by atoms with Crippen LogP contribution in [-0.2, 0) is 4.79 Å². The Kier molecular flexibility index (Phi) is 6.24. The SMILES string of the molecule is CC(=O)Oc1ccc(C=Cc2ccc(N(c3ccccc3)c3ccccc3)cc2)cc1. The van der Waals surface area contributed by atoms with Gasteiger partial charge in [0.1, 0.15) is 5.75 Å². The highest BCUT2D eigenvalue weighted by atomic mass is 16.5. The van der Waals surface area contributed by atoms with Crippen molar-refractivity contribution in [3.63, 3.8) is 0 Å². The maximum absolute atomic E-state index is 11.0. The Hall–Kier alpha value is -4.11. The summed E-state index contributed by atoms with van der Waals surface area (Å²) in [6.45, 7) is 1.40. The second-order valence-electron chi connectivity index (χ2n) is 7.09. The van der Waals surface area contributed by atoms with Crippen molar-refractivity contribution >= 4 is 35.2 Å². The zero-order chi connectivity index (χ0) is 21.5. The number of ether oxygens (including phenoxy) is 1. The Bertz CT molecular complexity index is 1110. The summed E-state index contributed by atoms with van der Waals surface area (Å²) in [5.74, 6) is 0.236. The molecular formula is C28H23NO2. The largest absolute Gasteiger partial charge is 0.427 e. The first kappa shape index (κ1) is 20.2. The van der Waals surface area contributed by atoms with Crippen LogP contribution in [0.25, 0.3) is 12.2 Å². The Morgan fingerprint density at radius 1 is 0.613 bits per heavy atom. The van der Waals surface area contributed by atoms with E-state index >= 15 is 0 Å². The van der Waals surface area contributed by atoms with Gasteiger partial charge in [-0.2, -0.15) is 0 Å². The maximum Gasteiger partial charge on any atom is 0.308 e. The zero-order valence-corrected chi connectivity index (χ0v) is 17.3. The van der Waals surface area contributed by atoms with E-state index in [9.17, 15) is 4.79 Å². The lowest BCUT2D eigenvalue weighted by molar-refractivity contribution is -0.131. The lowest BCUT2D eigenvalue weighted by atomic mass is 10.1. The third-order valence-electron chi connectivity index (χ3n) is 4.79. The Morgan fingerprint density at radius 2 is 1.03 bits per heavy atom. The van der Waals surface area contributed by atoms with Crippen LogP contribution < -0.4 is 9.64 Å². The van der Waals surface area contributed by atoms with E-state index in [1.165, 1.54) is 6.92 Å². The molecule has 0 aliphatic heterocycles. The quantitative estimate of drug-likeness (QED) is 0.192. The van der Waals surface area contributed by atoms with Crippen LogP contribution in [0.1, 0.15) is 18.1 Å². The van der Waals surface area contributed by atoms with Crippen molar-refractivity contribution in [2.24, 2.45) is 0 Å². The number of esters is 1. The standard InChI is InChI=1S/C28H23NO2/c1-22(30)31-28-20-16-24(17-21-28)13-12-23-14-18-27(19-15-23)29(25-8-4-2-5-9-25)26-10-6-3-7-11-26/h2-21H,1H3. The highest BCUT2D eigenvalue weighted by molar-refractivity contribution is 5.78. The van der Waals surface area contributed by atoms with Crippen molar-refractivity contribution in [2.75, 3.05) is 4.90 Å². The van der Waals surface area contributed by atoms with Gasteiger partial charge in [-0.15, -0.1) is 0 Å². The molecule has 0 saturated heterocycles. The summed E-state index contributed by atoms with van der Waals surface area (Å²) in [6, 6.07) is 36.6. The number of carbonyl (C=O) groups excluding carboxylic acids is 1. The average Bonchev–Trinajstić information content (AvgIpc) is 2.81. The fourth-order valence-electron chi connectivity index (χ4n) is 3.34. The molecule has 0 radical (unpaired) electrons. The zero-order valence-electron chi connectivity index (χ0n) is 17.3. The van der Waals surface area contributed by atoms with Crippen molar-refractivity contribution in [3.8, 4) is 5.75 Å². The topological polar surface area (TPSA) is 29.5 Å². The number of benzene rings is 4. The van der Waals surface area contributed by atoms with Gasteiger partial charge in [0.15, 0.2) is 0 Å².